The molecule has 0 aliphatic carbocycles. The van der Waals surface area contributed by atoms with Gasteiger partial charge in [0.25, 0.3) is 0 Å². The molecule has 5 heteroatoms. The lowest BCUT2D eigenvalue weighted by Crippen LogP contribution is -2.03. The molecule has 0 saturated carbocycles. The first-order valence-corrected chi connectivity index (χ1v) is 16.1. The summed E-state index contributed by atoms with van der Waals surface area (Å²) in [6.45, 7) is 0. The summed E-state index contributed by atoms with van der Waals surface area (Å²) in [6.07, 6.45) is 0. The number of hydrogen-bond acceptors (Lipinski definition) is 3. The summed E-state index contributed by atoms with van der Waals surface area (Å²) in [5.41, 5.74) is 9.15. The van der Waals surface area contributed by atoms with Crippen molar-refractivity contribution in [3.8, 4) is 34.3 Å². The smallest absolute Gasteiger partial charge is 0.235 e. The van der Waals surface area contributed by atoms with Gasteiger partial charge in [0.15, 0.2) is 0 Å². The largest absolute Gasteiger partial charge is 0.292 e. The van der Waals surface area contributed by atoms with Gasteiger partial charge in [-0.25, -0.2) is 15.0 Å². The van der Waals surface area contributed by atoms with Crippen molar-refractivity contribution in [3.63, 3.8) is 0 Å². The molecule has 0 radical (unpaired) electrons. The number of nitrogens with zero attached hydrogens (tertiary/aromatic N) is 5. The van der Waals surface area contributed by atoms with E-state index in [-0.39, 0.29) is 0 Å². The molecule has 0 aliphatic heterocycles. The Morgan fingerprint density at radius 3 is 1.85 bits per heavy atom. The predicted octanol–water partition coefficient (Wildman–Crippen LogP) is 10.6. The van der Waals surface area contributed by atoms with Gasteiger partial charge in [-0.2, -0.15) is 0 Å². The van der Waals surface area contributed by atoms with E-state index in [1.807, 2.05) is 18.2 Å². The summed E-state index contributed by atoms with van der Waals surface area (Å²) < 4.78 is 4.52. The molecule has 48 heavy (non-hydrogen) atoms. The van der Waals surface area contributed by atoms with Crippen molar-refractivity contribution in [3.05, 3.63) is 164 Å². The van der Waals surface area contributed by atoms with E-state index in [0.717, 1.165) is 82.8 Å². The normalized spacial score (nSPS) is 11.8. The molecule has 10 rings (SSSR count). The van der Waals surface area contributed by atoms with Gasteiger partial charge in [0, 0.05) is 38.4 Å². The third kappa shape index (κ3) is 4.01. The Kier molecular flexibility index (Phi) is 5.81. The highest BCUT2D eigenvalue weighted by atomic mass is 15.2. The second kappa shape index (κ2) is 10.5. The van der Waals surface area contributed by atoms with Crippen molar-refractivity contribution in [1.82, 2.24) is 24.1 Å². The molecule has 0 spiro atoms. The lowest BCUT2D eigenvalue weighted by atomic mass is 10.0. The number of para-hydroxylation sites is 3. The topological polar surface area (TPSA) is 48.5 Å². The number of rotatable bonds is 4. The molecule has 5 nitrogen and oxygen atoms in total. The fourth-order valence-corrected chi connectivity index (χ4v) is 7.16. The van der Waals surface area contributed by atoms with Crippen molar-refractivity contribution in [2.45, 2.75) is 0 Å². The van der Waals surface area contributed by atoms with Crippen LogP contribution in [0.3, 0.4) is 0 Å². The monoisotopic (exact) mass is 613 g/mol. The standard InChI is InChI=1S/C43H27N5/c1-4-14-28(15-5-1)40-34-21-10-12-22-36(34)45-43(46-40)48-38-23-13-11-20-32(38)33-25-24-30-26-37-39(27-35(30)41(33)48)47(31-18-8-3-9-19-31)42(44-37)29-16-6-2-7-17-29/h1-27H. The zero-order chi connectivity index (χ0) is 31.6. The summed E-state index contributed by atoms with van der Waals surface area (Å²) in [7, 11) is 0. The molecule has 0 amide bonds. The highest BCUT2D eigenvalue weighted by molar-refractivity contribution is 6.20. The van der Waals surface area contributed by atoms with Crippen molar-refractivity contribution >= 4 is 54.5 Å². The molecule has 0 bridgehead atoms. The number of aromatic nitrogens is 5. The van der Waals surface area contributed by atoms with Crippen molar-refractivity contribution < 1.29 is 0 Å². The minimum absolute atomic E-state index is 0.646. The van der Waals surface area contributed by atoms with Crippen LogP contribution in [-0.4, -0.2) is 24.1 Å². The molecule has 3 heterocycles. The van der Waals surface area contributed by atoms with Crippen LogP contribution in [0, 0.1) is 0 Å². The Morgan fingerprint density at radius 2 is 1.06 bits per heavy atom. The number of fused-ring (bicyclic) bond motifs is 7. The Labute approximate surface area is 276 Å². The fraction of sp³-hybridized carbons (Fsp3) is 0. The molecule has 0 atom stereocenters. The molecule has 3 aromatic heterocycles. The number of benzene rings is 7. The summed E-state index contributed by atoms with van der Waals surface area (Å²) >= 11 is 0. The number of hydrogen-bond donors (Lipinski definition) is 0. The first-order chi connectivity index (χ1) is 23.8. The second-order valence-electron chi connectivity index (χ2n) is 12.1. The average Bonchev–Trinajstić information content (AvgIpc) is 3.70. The SMILES string of the molecule is c1ccc(-c2nc(-n3c4ccccc4c4ccc5cc6nc(-c7ccccc7)n(-c7ccccc7)c6cc5c43)nc3ccccc23)cc1. The first-order valence-electron chi connectivity index (χ1n) is 16.1. The van der Waals surface area contributed by atoms with Crippen molar-refractivity contribution in [2.24, 2.45) is 0 Å². The van der Waals surface area contributed by atoms with E-state index in [1.165, 1.54) is 0 Å². The molecule has 0 unspecified atom stereocenters. The van der Waals surface area contributed by atoms with Crippen LogP contribution in [0.25, 0.3) is 88.8 Å². The van der Waals surface area contributed by atoms with E-state index < -0.39 is 0 Å². The van der Waals surface area contributed by atoms with Gasteiger partial charge in [0.05, 0.1) is 33.3 Å². The Bertz CT molecular complexity index is 2820. The van der Waals surface area contributed by atoms with Crippen molar-refractivity contribution in [2.75, 3.05) is 0 Å². The van der Waals surface area contributed by atoms with Gasteiger partial charge in [-0.1, -0.05) is 127 Å². The Hall–Kier alpha value is -6.59. The van der Waals surface area contributed by atoms with Crippen LogP contribution in [0.2, 0.25) is 0 Å². The summed E-state index contributed by atoms with van der Waals surface area (Å²) in [5, 5.41) is 5.57. The van der Waals surface area contributed by atoms with E-state index >= 15 is 0 Å². The van der Waals surface area contributed by atoms with Gasteiger partial charge in [0.2, 0.25) is 5.95 Å². The number of imidazole rings is 1. The summed E-state index contributed by atoms with van der Waals surface area (Å²) in [4.78, 5) is 15.8. The second-order valence-corrected chi connectivity index (χ2v) is 12.1. The maximum atomic E-state index is 5.33. The van der Waals surface area contributed by atoms with Crippen LogP contribution in [0.5, 0.6) is 0 Å². The molecule has 0 aliphatic rings. The first kappa shape index (κ1) is 26.6. The van der Waals surface area contributed by atoms with Gasteiger partial charge >= 0.3 is 0 Å². The molecule has 0 N–H and O–H groups in total. The van der Waals surface area contributed by atoms with E-state index in [4.69, 9.17) is 15.0 Å². The molecular weight excluding hydrogens is 587 g/mol. The third-order valence-corrected chi connectivity index (χ3v) is 9.31. The van der Waals surface area contributed by atoms with E-state index in [9.17, 15) is 0 Å². The lowest BCUT2D eigenvalue weighted by Gasteiger charge is -2.13. The molecule has 224 valence electrons. The predicted molar refractivity (Wildman–Crippen MR) is 197 cm³/mol. The quantitative estimate of drug-likeness (QED) is 0.198. The minimum atomic E-state index is 0.646. The summed E-state index contributed by atoms with van der Waals surface area (Å²) in [5.74, 6) is 1.56. The zero-order valence-corrected chi connectivity index (χ0v) is 25.8. The molecule has 0 saturated heterocycles. The molecule has 7 aromatic carbocycles. The van der Waals surface area contributed by atoms with Gasteiger partial charge in [0.1, 0.15) is 5.82 Å². The van der Waals surface area contributed by atoms with Crippen LogP contribution in [0.1, 0.15) is 0 Å². The highest BCUT2D eigenvalue weighted by Gasteiger charge is 2.21. The maximum Gasteiger partial charge on any atom is 0.235 e. The fourth-order valence-electron chi connectivity index (χ4n) is 7.16. The lowest BCUT2D eigenvalue weighted by molar-refractivity contribution is 1.02. The molecular formula is C43H27N5. The summed E-state index contributed by atoms with van der Waals surface area (Å²) in [6, 6.07) is 57.1. The van der Waals surface area contributed by atoms with Crippen LogP contribution in [-0.2, 0) is 0 Å². The zero-order valence-electron chi connectivity index (χ0n) is 25.8. The van der Waals surface area contributed by atoms with Gasteiger partial charge in [-0.15, -0.1) is 0 Å². The van der Waals surface area contributed by atoms with E-state index in [1.54, 1.807) is 0 Å². The van der Waals surface area contributed by atoms with E-state index in [0.29, 0.717) is 5.95 Å². The van der Waals surface area contributed by atoms with Gasteiger partial charge in [-0.3, -0.25) is 9.13 Å². The molecule has 0 fully saturated rings. The molecule has 10 aromatic rings. The van der Waals surface area contributed by atoms with Crippen LogP contribution < -0.4 is 0 Å². The third-order valence-electron chi connectivity index (χ3n) is 9.31. The van der Waals surface area contributed by atoms with Crippen molar-refractivity contribution in [1.29, 1.82) is 0 Å². The van der Waals surface area contributed by atoms with Crippen LogP contribution in [0.15, 0.2) is 164 Å². The van der Waals surface area contributed by atoms with Gasteiger partial charge in [-0.05, 0) is 41.8 Å². The average molecular weight is 614 g/mol. The van der Waals surface area contributed by atoms with Gasteiger partial charge < -0.3 is 0 Å². The maximum absolute atomic E-state index is 5.33. The minimum Gasteiger partial charge on any atom is -0.292 e. The Morgan fingerprint density at radius 1 is 0.396 bits per heavy atom. The Balaban J connectivity index is 1.34. The van der Waals surface area contributed by atoms with E-state index in [2.05, 4.69) is 155 Å². The van der Waals surface area contributed by atoms with Crippen LogP contribution in [0.4, 0.5) is 0 Å². The highest BCUT2D eigenvalue weighted by Crippen LogP contribution is 2.39. The van der Waals surface area contributed by atoms with Crippen LogP contribution >= 0.6 is 0 Å².